The summed E-state index contributed by atoms with van der Waals surface area (Å²) in [6.07, 6.45) is 1.24. The van der Waals surface area contributed by atoms with Gasteiger partial charge in [-0.3, -0.25) is 0 Å². The quantitative estimate of drug-likeness (QED) is 0.861. The fraction of sp³-hybridized carbons (Fsp3) is 0.571. The molecule has 1 heterocycles. The van der Waals surface area contributed by atoms with Gasteiger partial charge in [0.25, 0.3) is 0 Å². The second-order valence-corrected chi connectivity index (χ2v) is 6.12. The Morgan fingerprint density at radius 1 is 1.38 bits per heavy atom. The van der Waals surface area contributed by atoms with Crippen LogP contribution in [0.25, 0.3) is 0 Å². The third kappa shape index (κ3) is 3.26. The van der Waals surface area contributed by atoms with Crippen LogP contribution in [0.5, 0.6) is 0 Å². The summed E-state index contributed by atoms with van der Waals surface area (Å²) in [6.45, 7) is 5.83. The third-order valence-corrected chi connectivity index (χ3v) is 4.74. The van der Waals surface area contributed by atoms with Crippen molar-refractivity contribution < 1.29 is 0 Å². The maximum Gasteiger partial charge on any atom is 0.0538 e. The summed E-state index contributed by atoms with van der Waals surface area (Å²) in [4.78, 5) is 0. The number of thioether (sulfide) groups is 1. The molecular weight excluding hydrogens is 214 g/mol. The number of benzene rings is 1. The van der Waals surface area contributed by atoms with Crippen LogP contribution in [0.3, 0.4) is 0 Å². The Bertz CT molecular complexity index is 304. The van der Waals surface area contributed by atoms with Gasteiger partial charge in [0.15, 0.2) is 0 Å². The number of rotatable bonds is 3. The molecule has 1 aromatic rings. The molecule has 0 aromatic heterocycles. The predicted molar refractivity (Wildman–Crippen MR) is 72.9 cm³/mol. The second-order valence-electron chi connectivity index (χ2n) is 4.88. The molecule has 0 aliphatic carbocycles. The summed E-state index contributed by atoms with van der Waals surface area (Å²) in [5, 5.41) is 4.28. The van der Waals surface area contributed by atoms with Crippen molar-refractivity contribution in [1.29, 1.82) is 0 Å². The van der Waals surface area contributed by atoms with E-state index >= 15 is 0 Å². The minimum absolute atomic E-state index is 0.645. The minimum Gasteiger partial charge on any atom is -0.305 e. The Balaban J connectivity index is 1.86. The molecule has 1 fully saturated rings. The van der Waals surface area contributed by atoms with Crippen LogP contribution in [0, 0.1) is 5.92 Å². The molecule has 0 amide bonds. The standard InChI is InChI=1S/C14H21NS/c1-11-9-15-14(16-10-11)8-12(2)13-6-4-3-5-7-13/h3-7,11-12,14-15H,8-10H2,1-2H3. The number of hydrogen-bond donors (Lipinski definition) is 1. The monoisotopic (exact) mass is 235 g/mol. The van der Waals surface area contributed by atoms with Crippen molar-refractivity contribution in [3.05, 3.63) is 35.9 Å². The molecule has 0 radical (unpaired) electrons. The lowest BCUT2D eigenvalue weighted by Crippen LogP contribution is -2.37. The van der Waals surface area contributed by atoms with E-state index in [1.165, 1.54) is 24.3 Å². The lowest BCUT2D eigenvalue weighted by molar-refractivity contribution is 0.485. The summed E-state index contributed by atoms with van der Waals surface area (Å²) < 4.78 is 0. The van der Waals surface area contributed by atoms with Crippen molar-refractivity contribution in [3.8, 4) is 0 Å². The minimum atomic E-state index is 0.645. The molecule has 3 atom stereocenters. The predicted octanol–water partition coefficient (Wildman–Crippen LogP) is 3.48. The Hall–Kier alpha value is -0.470. The van der Waals surface area contributed by atoms with E-state index in [1.54, 1.807) is 0 Å². The average molecular weight is 235 g/mol. The first-order chi connectivity index (χ1) is 7.75. The zero-order valence-corrected chi connectivity index (χ0v) is 11.0. The largest absolute Gasteiger partial charge is 0.305 e. The molecule has 3 unspecified atom stereocenters. The SMILES string of the molecule is CC1CNC(CC(C)c2ccccc2)SC1. The molecule has 1 aliphatic rings. The molecule has 1 nitrogen and oxygen atoms in total. The van der Waals surface area contributed by atoms with Gasteiger partial charge in [-0.15, -0.1) is 11.8 Å². The molecule has 16 heavy (non-hydrogen) atoms. The molecule has 1 aromatic carbocycles. The van der Waals surface area contributed by atoms with Crippen molar-refractivity contribution in [1.82, 2.24) is 5.32 Å². The molecule has 1 N–H and O–H groups in total. The van der Waals surface area contributed by atoms with Crippen LogP contribution in [0.1, 0.15) is 31.7 Å². The zero-order chi connectivity index (χ0) is 11.4. The zero-order valence-electron chi connectivity index (χ0n) is 10.1. The molecule has 0 bridgehead atoms. The molecule has 88 valence electrons. The van der Waals surface area contributed by atoms with Crippen molar-refractivity contribution in [2.24, 2.45) is 5.92 Å². The lowest BCUT2D eigenvalue weighted by Gasteiger charge is -2.29. The summed E-state index contributed by atoms with van der Waals surface area (Å²) in [5.74, 6) is 2.78. The average Bonchev–Trinajstić information content (AvgIpc) is 2.33. The van der Waals surface area contributed by atoms with Crippen LogP contribution in [-0.4, -0.2) is 17.7 Å². The summed E-state index contributed by atoms with van der Waals surface area (Å²) in [5.41, 5.74) is 1.46. The highest BCUT2D eigenvalue weighted by Gasteiger charge is 2.20. The van der Waals surface area contributed by atoms with E-state index in [0.717, 1.165) is 5.92 Å². The van der Waals surface area contributed by atoms with E-state index in [1.807, 2.05) is 0 Å². The van der Waals surface area contributed by atoms with Gasteiger partial charge in [-0.2, -0.15) is 0 Å². The van der Waals surface area contributed by atoms with Gasteiger partial charge in [-0.25, -0.2) is 0 Å². The third-order valence-electron chi connectivity index (χ3n) is 3.21. The molecule has 2 heteroatoms. The Morgan fingerprint density at radius 2 is 2.12 bits per heavy atom. The molecular formula is C14H21NS. The van der Waals surface area contributed by atoms with Crippen molar-refractivity contribution in [2.75, 3.05) is 12.3 Å². The highest BCUT2D eigenvalue weighted by molar-refractivity contribution is 7.99. The van der Waals surface area contributed by atoms with Crippen LogP contribution in [0.4, 0.5) is 0 Å². The van der Waals surface area contributed by atoms with Gasteiger partial charge in [-0.05, 0) is 36.1 Å². The van der Waals surface area contributed by atoms with E-state index < -0.39 is 0 Å². The lowest BCUT2D eigenvalue weighted by atomic mass is 9.98. The highest BCUT2D eigenvalue weighted by atomic mass is 32.2. The normalized spacial score (nSPS) is 27.6. The number of nitrogens with one attached hydrogen (secondary N) is 1. The van der Waals surface area contributed by atoms with E-state index in [9.17, 15) is 0 Å². The van der Waals surface area contributed by atoms with Gasteiger partial charge in [0.2, 0.25) is 0 Å². The molecule has 1 aliphatic heterocycles. The number of hydrogen-bond acceptors (Lipinski definition) is 2. The fourth-order valence-electron chi connectivity index (χ4n) is 2.12. The topological polar surface area (TPSA) is 12.0 Å². The Morgan fingerprint density at radius 3 is 2.75 bits per heavy atom. The van der Waals surface area contributed by atoms with Gasteiger partial charge in [0, 0.05) is 0 Å². The highest BCUT2D eigenvalue weighted by Crippen LogP contribution is 2.28. The summed E-state index contributed by atoms with van der Waals surface area (Å²) in [7, 11) is 0. The second kappa shape index (κ2) is 5.74. The van der Waals surface area contributed by atoms with Gasteiger partial charge >= 0.3 is 0 Å². The van der Waals surface area contributed by atoms with E-state index in [2.05, 4.69) is 61.3 Å². The maximum atomic E-state index is 3.63. The first-order valence-corrected chi connectivity index (χ1v) is 7.20. The van der Waals surface area contributed by atoms with E-state index in [0.29, 0.717) is 11.3 Å². The summed E-state index contributed by atoms with van der Waals surface area (Å²) in [6, 6.07) is 10.8. The molecule has 2 rings (SSSR count). The fourth-order valence-corrected chi connectivity index (χ4v) is 3.44. The summed E-state index contributed by atoms with van der Waals surface area (Å²) >= 11 is 2.08. The van der Waals surface area contributed by atoms with Crippen LogP contribution >= 0.6 is 11.8 Å². The first kappa shape index (κ1) is 12.0. The smallest absolute Gasteiger partial charge is 0.0538 e. The first-order valence-electron chi connectivity index (χ1n) is 6.15. The molecule has 0 spiro atoms. The van der Waals surface area contributed by atoms with E-state index in [-0.39, 0.29) is 0 Å². The Kier molecular flexibility index (Phi) is 4.30. The van der Waals surface area contributed by atoms with Crippen LogP contribution in [0.15, 0.2) is 30.3 Å². The van der Waals surface area contributed by atoms with E-state index in [4.69, 9.17) is 0 Å². The molecule has 0 saturated carbocycles. The van der Waals surface area contributed by atoms with Gasteiger partial charge < -0.3 is 5.32 Å². The van der Waals surface area contributed by atoms with Gasteiger partial charge in [0.1, 0.15) is 0 Å². The molecule has 1 saturated heterocycles. The van der Waals surface area contributed by atoms with Crippen LogP contribution in [-0.2, 0) is 0 Å². The maximum absolute atomic E-state index is 3.63. The van der Waals surface area contributed by atoms with Gasteiger partial charge in [-0.1, -0.05) is 44.2 Å². The van der Waals surface area contributed by atoms with Crippen LogP contribution in [0.2, 0.25) is 0 Å². The Labute approximate surface area is 103 Å². The van der Waals surface area contributed by atoms with Crippen molar-refractivity contribution in [3.63, 3.8) is 0 Å². The van der Waals surface area contributed by atoms with Crippen LogP contribution < -0.4 is 5.32 Å². The van der Waals surface area contributed by atoms with Crippen molar-refractivity contribution in [2.45, 2.75) is 31.6 Å². The van der Waals surface area contributed by atoms with Crippen molar-refractivity contribution >= 4 is 11.8 Å². The van der Waals surface area contributed by atoms with Gasteiger partial charge in [0.05, 0.1) is 5.37 Å².